The molecule has 6 heteroatoms. The minimum atomic E-state index is -0.458. The minimum absolute atomic E-state index is 0.448. The molecule has 0 atom stereocenters. The largest absolute Gasteiger partial charge is 0.430 e. The van der Waals surface area contributed by atoms with Crippen LogP contribution in [0.5, 0.6) is 10.9 Å². The number of carbonyl (C=O) groups excluding carboxylic acids is 1. The quantitative estimate of drug-likeness (QED) is 0.898. The van der Waals surface area contributed by atoms with E-state index >= 15 is 0 Å². The van der Waals surface area contributed by atoms with Crippen LogP contribution in [0.4, 0.5) is 0 Å². The number of amides is 1. The van der Waals surface area contributed by atoms with Gasteiger partial charge in [0.05, 0.1) is 0 Å². The number of hydrogen-bond donors (Lipinski definition) is 1. The van der Waals surface area contributed by atoms with Gasteiger partial charge < -0.3 is 10.5 Å². The maximum Gasteiger partial charge on any atom is 0.298 e. The van der Waals surface area contributed by atoms with Gasteiger partial charge in [-0.15, -0.1) is 0 Å². The Labute approximate surface area is 102 Å². The molecule has 2 rings (SSSR count). The van der Waals surface area contributed by atoms with Crippen LogP contribution in [0.3, 0.4) is 0 Å². The number of benzene rings is 1. The van der Waals surface area contributed by atoms with Crippen LogP contribution in [0.25, 0.3) is 0 Å². The maximum absolute atomic E-state index is 10.9. The predicted octanol–water partition coefficient (Wildman–Crippen LogP) is 1.99. The molecule has 1 amide bonds. The lowest BCUT2D eigenvalue weighted by molar-refractivity contribution is 0.100. The van der Waals surface area contributed by atoms with Gasteiger partial charge in [-0.05, 0) is 24.3 Å². The van der Waals surface area contributed by atoms with E-state index in [2.05, 4.69) is 9.36 Å². The molecule has 1 aromatic heterocycles. The predicted molar refractivity (Wildman–Crippen MR) is 64.3 cm³/mol. The van der Waals surface area contributed by atoms with E-state index in [1.54, 1.807) is 24.3 Å². The Morgan fingerprint density at radius 3 is 2.65 bits per heavy atom. The molecule has 0 bridgehead atoms. The Balaban J connectivity index is 2.10. The van der Waals surface area contributed by atoms with E-state index in [0.29, 0.717) is 16.5 Å². The number of rotatable bonds is 4. The number of nitrogens with zero attached hydrogens (tertiary/aromatic N) is 2. The summed E-state index contributed by atoms with van der Waals surface area (Å²) in [6.45, 7) is 1.98. The summed E-state index contributed by atoms with van der Waals surface area (Å²) in [6, 6.07) is 6.57. The van der Waals surface area contributed by atoms with E-state index in [4.69, 9.17) is 10.5 Å². The first-order valence-corrected chi connectivity index (χ1v) is 5.86. The molecule has 0 saturated carbocycles. The van der Waals surface area contributed by atoms with Gasteiger partial charge in [-0.25, -0.2) is 0 Å². The van der Waals surface area contributed by atoms with Crippen molar-refractivity contribution >= 4 is 17.4 Å². The monoisotopic (exact) mass is 249 g/mol. The Bertz CT molecular complexity index is 522. The number of hydrogen-bond acceptors (Lipinski definition) is 5. The van der Waals surface area contributed by atoms with Gasteiger partial charge in [-0.1, -0.05) is 6.92 Å². The van der Waals surface area contributed by atoms with Gasteiger partial charge in [0.15, 0.2) is 0 Å². The first kappa shape index (κ1) is 11.5. The summed E-state index contributed by atoms with van der Waals surface area (Å²) >= 11 is 1.20. The van der Waals surface area contributed by atoms with Gasteiger partial charge in [0.2, 0.25) is 5.91 Å². The first-order valence-electron chi connectivity index (χ1n) is 5.09. The highest BCUT2D eigenvalue weighted by Crippen LogP contribution is 2.23. The highest BCUT2D eigenvalue weighted by Gasteiger charge is 2.05. The molecular formula is C11H11N3O2S. The third-order valence-electron chi connectivity index (χ3n) is 2.11. The molecule has 2 N–H and O–H groups in total. The Morgan fingerprint density at radius 2 is 2.12 bits per heavy atom. The highest BCUT2D eigenvalue weighted by molar-refractivity contribution is 7.07. The van der Waals surface area contributed by atoms with E-state index in [0.717, 1.165) is 12.2 Å². The number of nitrogens with two attached hydrogens (primary N) is 1. The van der Waals surface area contributed by atoms with Crippen LogP contribution < -0.4 is 10.5 Å². The van der Waals surface area contributed by atoms with Crippen LogP contribution >= 0.6 is 11.5 Å². The van der Waals surface area contributed by atoms with Gasteiger partial charge in [0, 0.05) is 23.5 Å². The van der Waals surface area contributed by atoms with Crippen LogP contribution in [0.2, 0.25) is 0 Å². The molecule has 0 radical (unpaired) electrons. The number of aromatic nitrogens is 2. The molecule has 5 nitrogen and oxygen atoms in total. The molecule has 2 aromatic rings. The van der Waals surface area contributed by atoms with Crippen molar-refractivity contribution in [1.82, 2.24) is 9.36 Å². The molecule has 1 heterocycles. The smallest absolute Gasteiger partial charge is 0.298 e. The van der Waals surface area contributed by atoms with Gasteiger partial charge in [-0.2, -0.15) is 9.36 Å². The Hall–Kier alpha value is -1.95. The molecule has 1 aromatic carbocycles. The lowest BCUT2D eigenvalue weighted by Crippen LogP contribution is -2.10. The molecule has 0 aliphatic rings. The zero-order valence-electron chi connectivity index (χ0n) is 9.21. The zero-order chi connectivity index (χ0) is 12.3. The fourth-order valence-corrected chi connectivity index (χ4v) is 1.84. The van der Waals surface area contributed by atoms with Crippen LogP contribution in [0.1, 0.15) is 23.1 Å². The van der Waals surface area contributed by atoms with Crippen LogP contribution in [0, 0.1) is 0 Å². The van der Waals surface area contributed by atoms with Gasteiger partial charge in [0.25, 0.3) is 5.19 Å². The van der Waals surface area contributed by atoms with Gasteiger partial charge in [0.1, 0.15) is 11.6 Å². The fourth-order valence-electron chi connectivity index (χ4n) is 1.21. The molecule has 0 saturated heterocycles. The van der Waals surface area contributed by atoms with Crippen molar-refractivity contribution in [2.24, 2.45) is 5.73 Å². The van der Waals surface area contributed by atoms with Gasteiger partial charge >= 0.3 is 0 Å². The molecule has 17 heavy (non-hydrogen) atoms. The third-order valence-corrected chi connectivity index (χ3v) is 2.74. The topological polar surface area (TPSA) is 78.1 Å². The van der Waals surface area contributed by atoms with E-state index in [1.165, 1.54) is 11.5 Å². The van der Waals surface area contributed by atoms with Crippen LogP contribution in [-0.2, 0) is 6.42 Å². The maximum atomic E-state index is 10.9. The molecule has 0 unspecified atom stereocenters. The van der Waals surface area contributed by atoms with Crippen molar-refractivity contribution in [2.75, 3.05) is 0 Å². The minimum Gasteiger partial charge on any atom is -0.430 e. The number of ether oxygens (including phenoxy) is 1. The first-order chi connectivity index (χ1) is 8.19. The summed E-state index contributed by atoms with van der Waals surface area (Å²) in [6.07, 6.45) is 0.778. The number of carbonyl (C=O) groups is 1. The molecule has 0 aliphatic carbocycles. The van der Waals surface area contributed by atoms with Crippen molar-refractivity contribution in [1.29, 1.82) is 0 Å². The van der Waals surface area contributed by atoms with E-state index in [-0.39, 0.29) is 0 Å². The second-order valence-corrected chi connectivity index (χ2v) is 4.04. The highest BCUT2D eigenvalue weighted by atomic mass is 32.1. The summed E-state index contributed by atoms with van der Waals surface area (Å²) in [5.41, 5.74) is 5.59. The lowest BCUT2D eigenvalue weighted by atomic mass is 10.2. The van der Waals surface area contributed by atoms with E-state index < -0.39 is 5.91 Å². The molecule has 0 spiro atoms. The Morgan fingerprint density at radius 1 is 1.41 bits per heavy atom. The second kappa shape index (κ2) is 4.92. The molecule has 0 fully saturated rings. The SMILES string of the molecule is CCc1nsc(Oc2ccc(C(N)=O)cc2)n1. The standard InChI is InChI=1S/C11H11N3O2S/c1-2-9-13-11(17-14-9)16-8-5-3-7(4-6-8)10(12)15/h3-6H,2H2,1H3,(H2,12,15). The summed E-state index contributed by atoms with van der Waals surface area (Å²) in [5.74, 6) is 0.910. The molecule has 0 aliphatic heterocycles. The normalized spacial score (nSPS) is 10.2. The fraction of sp³-hybridized carbons (Fsp3) is 0.182. The van der Waals surface area contributed by atoms with Crippen LogP contribution in [0.15, 0.2) is 24.3 Å². The molecule has 88 valence electrons. The number of aryl methyl sites for hydroxylation is 1. The molecular weight excluding hydrogens is 238 g/mol. The van der Waals surface area contributed by atoms with Crippen LogP contribution in [-0.4, -0.2) is 15.3 Å². The van der Waals surface area contributed by atoms with E-state index in [9.17, 15) is 4.79 Å². The van der Waals surface area contributed by atoms with Gasteiger partial charge in [-0.3, -0.25) is 4.79 Å². The zero-order valence-corrected chi connectivity index (χ0v) is 10.0. The van der Waals surface area contributed by atoms with Crippen molar-refractivity contribution < 1.29 is 9.53 Å². The van der Waals surface area contributed by atoms with E-state index in [1.807, 2.05) is 6.92 Å². The Kier molecular flexibility index (Phi) is 3.34. The third kappa shape index (κ3) is 2.79. The summed E-state index contributed by atoms with van der Waals surface area (Å²) in [4.78, 5) is 15.0. The summed E-state index contributed by atoms with van der Waals surface area (Å²) in [7, 11) is 0. The van der Waals surface area contributed by atoms with Crippen molar-refractivity contribution in [2.45, 2.75) is 13.3 Å². The van der Waals surface area contributed by atoms with Crippen molar-refractivity contribution in [3.8, 4) is 10.9 Å². The lowest BCUT2D eigenvalue weighted by Gasteiger charge is -2.01. The average Bonchev–Trinajstić information content (AvgIpc) is 2.77. The van der Waals surface area contributed by atoms with Crippen molar-refractivity contribution in [3.05, 3.63) is 35.7 Å². The summed E-state index contributed by atoms with van der Waals surface area (Å²) in [5, 5.41) is 0.494. The average molecular weight is 249 g/mol. The number of primary amides is 1. The summed E-state index contributed by atoms with van der Waals surface area (Å²) < 4.78 is 9.60. The second-order valence-electron chi connectivity index (χ2n) is 3.32. The van der Waals surface area contributed by atoms with Crippen molar-refractivity contribution in [3.63, 3.8) is 0 Å².